The fourth-order valence-corrected chi connectivity index (χ4v) is 3.22. The Morgan fingerprint density at radius 2 is 1.91 bits per heavy atom. The Bertz CT molecular complexity index is 816. The van der Waals surface area contributed by atoms with E-state index in [0.717, 1.165) is 27.9 Å². The summed E-state index contributed by atoms with van der Waals surface area (Å²) in [6.45, 7) is 4.13. The zero-order chi connectivity index (χ0) is 16.2. The predicted molar refractivity (Wildman–Crippen MR) is 91.2 cm³/mol. The van der Waals surface area contributed by atoms with Gasteiger partial charge in [0.1, 0.15) is 5.75 Å². The molecule has 0 radical (unpaired) electrons. The summed E-state index contributed by atoms with van der Waals surface area (Å²) in [4.78, 5) is 0. The standard InChI is InChI=1S/C17H18N4OS/c1-12-5-4-6-15(10-12)21-17(18-19-20-21)23-11-14-9-13(2)7-8-16(14)22-3/h4-10H,11H2,1-3H3. The molecule has 0 spiro atoms. The van der Waals surface area contributed by atoms with Gasteiger partial charge in [0.05, 0.1) is 12.8 Å². The Labute approximate surface area is 139 Å². The highest BCUT2D eigenvalue weighted by molar-refractivity contribution is 7.98. The van der Waals surface area contributed by atoms with Gasteiger partial charge in [-0.15, -0.1) is 5.10 Å². The fourth-order valence-electron chi connectivity index (χ4n) is 2.35. The van der Waals surface area contributed by atoms with Crippen molar-refractivity contribution in [2.24, 2.45) is 0 Å². The van der Waals surface area contributed by atoms with E-state index in [-0.39, 0.29) is 0 Å². The van der Waals surface area contributed by atoms with Crippen LogP contribution in [-0.4, -0.2) is 27.3 Å². The normalized spacial score (nSPS) is 10.7. The number of methoxy groups -OCH3 is 1. The zero-order valence-electron chi connectivity index (χ0n) is 13.4. The lowest BCUT2D eigenvalue weighted by molar-refractivity contribution is 0.411. The lowest BCUT2D eigenvalue weighted by Crippen LogP contribution is -1.99. The van der Waals surface area contributed by atoms with Crippen LogP contribution in [0.25, 0.3) is 5.69 Å². The van der Waals surface area contributed by atoms with Crippen molar-refractivity contribution in [2.45, 2.75) is 24.8 Å². The first-order valence-electron chi connectivity index (χ1n) is 7.29. The summed E-state index contributed by atoms with van der Waals surface area (Å²) in [5.74, 6) is 1.63. The van der Waals surface area contributed by atoms with Gasteiger partial charge in [0.2, 0.25) is 5.16 Å². The third-order valence-electron chi connectivity index (χ3n) is 3.48. The monoisotopic (exact) mass is 326 g/mol. The molecule has 6 heteroatoms. The molecule has 118 valence electrons. The maximum absolute atomic E-state index is 5.43. The highest BCUT2D eigenvalue weighted by Crippen LogP contribution is 2.28. The molecule has 0 N–H and O–H groups in total. The van der Waals surface area contributed by atoms with Crippen LogP contribution in [0.3, 0.4) is 0 Å². The highest BCUT2D eigenvalue weighted by atomic mass is 32.2. The van der Waals surface area contributed by atoms with Crippen LogP contribution in [0.4, 0.5) is 0 Å². The van der Waals surface area contributed by atoms with E-state index in [0.29, 0.717) is 0 Å². The second-order valence-electron chi connectivity index (χ2n) is 5.32. The molecule has 3 aromatic rings. The molecular weight excluding hydrogens is 308 g/mol. The Kier molecular flexibility index (Phi) is 4.62. The van der Waals surface area contributed by atoms with Crippen LogP contribution in [0.2, 0.25) is 0 Å². The van der Waals surface area contributed by atoms with Gasteiger partial charge in [-0.2, -0.15) is 4.68 Å². The largest absolute Gasteiger partial charge is 0.496 e. The third-order valence-corrected chi connectivity index (χ3v) is 4.45. The Hall–Kier alpha value is -2.34. The molecule has 23 heavy (non-hydrogen) atoms. The van der Waals surface area contributed by atoms with Gasteiger partial charge in [0, 0.05) is 11.3 Å². The topological polar surface area (TPSA) is 52.8 Å². The lowest BCUT2D eigenvalue weighted by atomic mass is 10.1. The molecule has 1 aromatic heterocycles. The van der Waals surface area contributed by atoms with E-state index in [1.165, 1.54) is 11.1 Å². The molecule has 2 aromatic carbocycles. The van der Waals surface area contributed by atoms with Crippen LogP contribution in [0.1, 0.15) is 16.7 Å². The molecule has 5 nitrogen and oxygen atoms in total. The van der Waals surface area contributed by atoms with Crippen molar-refractivity contribution in [1.82, 2.24) is 20.2 Å². The number of hydrogen-bond donors (Lipinski definition) is 0. The second-order valence-corrected chi connectivity index (χ2v) is 6.26. The van der Waals surface area contributed by atoms with Crippen molar-refractivity contribution in [3.8, 4) is 11.4 Å². The summed E-state index contributed by atoms with van der Waals surface area (Å²) in [7, 11) is 1.69. The predicted octanol–water partition coefficient (Wildman–Crippen LogP) is 3.58. The zero-order valence-corrected chi connectivity index (χ0v) is 14.2. The summed E-state index contributed by atoms with van der Waals surface area (Å²) in [6.07, 6.45) is 0. The summed E-state index contributed by atoms with van der Waals surface area (Å²) >= 11 is 1.59. The number of benzene rings is 2. The molecule has 0 bridgehead atoms. The van der Waals surface area contributed by atoms with Crippen molar-refractivity contribution < 1.29 is 4.74 Å². The van der Waals surface area contributed by atoms with E-state index < -0.39 is 0 Å². The van der Waals surface area contributed by atoms with Crippen molar-refractivity contribution in [3.63, 3.8) is 0 Å². The number of hydrogen-bond acceptors (Lipinski definition) is 5. The number of rotatable bonds is 5. The highest BCUT2D eigenvalue weighted by Gasteiger charge is 2.11. The van der Waals surface area contributed by atoms with Gasteiger partial charge in [-0.25, -0.2) is 0 Å². The first-order chi connectivity index (χ1) is 11.2. The number of tetrazole rings is 1. The van der Waals surface area contributed by atoms with Gasteiger partial charge in [-0.05, 0) is 48.0 Å². The van der Waals surface area contributed by atoms with E-state index in [4.69, 9.17) is 4.74 Å². The van der Waals surface area contributed by atoms with Crippen LogP contribution in [0.5, 0.6) is 5.75 Å². The Morgan fingerprint density at radius 1 is 1.09 bits per heavy atom. The molecule has 0 amide bonds. The van der Waals surface area contributed by atoms with Gasteiger partial charge < -0.3 is 4.74 Å². The molecule has 1 heterocycles. The van der Waals surface area contributed by atoms with Gasteiger partial charge in [0.25, 0.3) is 0 Å². The average molecular weight is 326 g/mol. The van der Waals surface area contributed by atoms with Gasteiger partial charge >= 0.3 is 0 Å². The minimum absolute atomic E-state index is 0.747. The maximum atomic E-state index is 5.43. The lowest BCUT2D eigenvalue weighted by Gasteiger charge is -2.09. The van der Waals surface area contributed by atoms with Crippen LogP contribution in [0, 0.1) is 13.8 Å². The SMILES string of the molecule is COc1ccc(C)cc1CSc1nnnn1-c1cccc(C)c1. The first-order valence-corrected chi connectivity index (χ1v) is 8.27. The molecule has 3 rings (SSSR count). The fraction of sp³-hybridized carbons (Fsp3) is 0.235. The summed E-state index contributed by atoms with van der Waals surface area (Å²) in [6, 6.07) is 14.3. The van der Waals surface area contributed by atoms with E-state index in [1.54, 1.807) is 23.6 Å². The van der Waals surface area contributed by atoms with E-state index in [2.05, 4.69) is 47.6 Å². The third kappa shape index (κ3) is 3.53. The Balaban J connectivity index is 1.83. The quantitative estimate of drug-likeness (QED) is 0.671. The average Bonchev–Trinajstić information content (AvgIpc) is 3.01. The number of nitrogens with zero attached hydrogens (tertiary/aromatic N) is 4. The molecule has 0 fully saturated rings. The Morgan fingerprint density at radius 3 is 2.70 bits per heavy atom. The molecule has 0 unspecified atom stereocenters. The van der Waals surface area contributed by atoms with Crippen molar-refractivity contribution in [3.05, 3.63) is 59.2 Å². The molecule has 0 aliphatic carbocycles. The number of aromatic nitrogens is 4. The number of aryl methyl sites for hydroxylation is 2. The van der Waals surface area contributed by atoms with Crippen molar-refractivity contribution in [1.29, 1.82) is 0 Å². The van der Waals surface area contributed by atoms with Crippen molar-refractivity contribution in [2.75, 3.05) is 7.11 Å². The van der Waals surface area contributed by atoms with Gasteiger partial charge in [-0.3, -0.25) is 0 Å². The molecule has 0 atom stereocenters. The van der Waals surface area contributed by atoms with E-state index in [1.807, 2.05) is 24.3 Å². The summed E-state index contributed by atoms with van der Waals surface area (Å²) in [5, 5.41) is 12.8. The van der Waals surface area contributed by atoms with Crippen LogP contribution in [-0.2, 0) is 5.75 Å². The molecule has 0 saturated heterocycles. The molecule has 0 aliphatic heterocycles. The van der Waals surface area contributed by atoms with Crippen LogP contribution >= 0.6 is 11.8 Å². The number of ether oxygens (including phenoxy) is 1. The second kappa shape index (κ2) is 6.83. The number of thioether (sulfide) groups is 1. The summed E-state index contributed by atoms with van der Waals surface area (Å²) in [5.41, 5.74) is 4.49. The minimum Gasteiger partial charge on any atom is -0.496 e. The van der Waals surface area contributed by atoms with Gasteiger partial charge in [-0.1, -0.05) is 41.6 Å². The van der Waals surface area contributed by atoms with Crippen LogP contribution < -0.4 is 4.74 Å². The van der Waals surface area contributed by atoms with Crippen molar-refractivity contribution >= 4 is 11.8 Å². The van der Waals surface area contributed by atoms with E-state index in [9.17, 15) is 0 Å². The molecule has 0 aliphatic rings. The molecular formula is C17H18N4OS. The summed E-state index contributed by atoms with van der Waals surface area (Å²) < 4.78 is 7.19. The first kappa shape index (κ1) is 15.6. The van der Waals surface area contributed by atoms with Gasteiger partial charge in [0.15, 0.2) is 0 Å². The van der Waals surface area contributed by atoms with Crippen LogP contribution in [0.15, 0.2) is 47.6 Å². The minimum atomic E-state index is 0.747. The smallest absolute Gasteiger partial charge is 0.214 e. The maximum Gasteiger partial charge on any atom is 0.214 e. The molecule has 0 saturated carbocycles. The van der Waals surface area contributed by atoms with E-state index >= 15 is 0 Å².